The van der Waals surface area contributed by atoms with Gasteiger partial charge in [0.1, 0.15) is 6.42 Å². The predicted octanol–water partition coefficient (Wildman–Crippen LogP) is 0.580. The molecule has 3 rings (SSSR count). The van der Waals surface area contributed by atoms with E-state index in [2.05, 4.69) is 17.0 Å². The SMILES string of the molecule is O=C(CC(=O)N1CCN(Cc2ccccc2)CC1)N1CCOCC1. The van der Waals surface area contributed by atoms with Crippen molar-refractivity contribution in [1.29, 1.82) is 0 Å². The number of morpholine rings is 1. The van der Waals surface area contributed by atoms with Crippen LogP contribution in [-0.4, -0.2) is 79.0 Å². The molecule has 0 aliphatic carbocycles. The summed E-state index contributed by atoms with van der Waals surface area (Å²) < 4.78 is 5.24. The summed E-state index contributed by atoms with van der Waals surface area (Å²) in [6.07, 6.45) is -0.0152. The minimum atomic E-state index is -0.0741. The topological polar surface area (TPSA) is 53.1 Å². The van der Waals surface area contributed by atoms with Gasteiger partial charge in [-0.05, 0) is 5.56 Å². The average Bonchev–Trinajstić information content (AvgIpc) is 2.64. The third-order valence-corrected chi connectivity index (χ3v) is 4.64. The number of benzene rings is 1. The number of rotatable bonds is 4. The van der Waals surface area contributed by atoms with E-state index >= 15 is 0 Å². The highest BCUT2D eigenvalue weighted by Gasteiger charge is 2.25. The van der Waals surface area contributed by atoms with E-state index in [4.69, 9.17) is 4.74 Å². The molecule has 0 aromatic heterocycles. The van der Waals surface area contributed by atoms with E-state index in [9.17, 15) is 9.59 Å². The molecule has 1 aromatic carbocycles. The Morgan fingerprint density at radius 1 is 0.833 bits per heavy atom. The number of amides is 2. The molecule has 0 bridgehead atoms. The minimum absolute atomic E-state index is 0.0152. The number of ether oxygens (including phenoxy) is 1. The van der Waals surface area contributed by atoms with Crippen molar-refractivity contribution in [3.8, 4) is 0 Å². The molecule has 2 heterocycles. The van der Waals surface area contributed by atoms with Gasteiger partial charge in [0.25, 0.3) is 0 Å². The summed E-state index contributed by atoms with van der Waals surface area (Å²) in [6, 6.07) is 10.4. The first-order valence-corrected chi connectivity index (χ1v) is 8.62. The molecular formula is C18H25N3O3. The predicted molar refractivity (Wildman–Crippen MR) is 90.3 cm³/mol. The van der Waals surface area contributed by atoms with Crippen molar-refractivity contribution in [2.24, 2.45) is 0 Å². The van der Waals surface area contributed by atoms with Crippen molar-refractivity contribution in [3.63, 3.8) is 0 Å². The van der Waals surface area contributed by atoms with Gasteiger partial charge in [-0.25, -0.2) is 0 Å². The molecule has 0 unspecified atom stereocenters. The minimum Gasteiger partial charge on any atom is -0.378 e. The van der Waals surface area contributed by atoms with Crippen LogP contribution in [-0.2, 0) is 20.9 Å². The van der Waals surface area contributed by atoms with Crippen LogP contribution >= 0.6 is 0 Å². The van der Waals surface area contributed by atoms with Gasteiger partial charge >= 0.3 is 0 Å². The normalized spacial score (nSPS) is 19.3. The number of hydrogen-bond donors (Lipinski definition) is 0. The summed E-state index contributed by atoms with van der Waals surface area (Å²) in [4.78, 5) is 30.4. The van der Waals surface area contributed by atoms with E-state index in [1.165, 1.54) is 5.56 Å². The fraction of sp³-hybridized carbons (Fsp3) is 0.556. The first kappa shape index (κ1) is 16.9. The van der Waals surface area contributed by atoms with Gasteiger partial charge in [0.05, 0.1) is 13.2 Å². The average molecular weight is 331 g/mol. The monoisotopic (exact) mass is 331 g/mol. The number of piperazine rings is 1. The van der Waals surface area contributed by atoms with Crippen molar-refractivity contribution >= 4 is 11.8 Å². The molecule has 2 saturated heterocycles. The smallest absolute Gasteiger partial charge is 0.232 e. The first-order chi connectivity index (χ1) is 11.7. The van der Waals surface area contributed by atoms with E-state index in [0.717, 1.165) is 19.6 Å². The van der Waals surface area contributed by atoms with E-state index in [0.29, 0.717) is 39.4 Å². The van der Waals surface area contributed by atoms with Gasteiger partial charge in [-0.15, -0.1) is 0 Å². The van der Waals surface area contributed by atoms with Crippen molar-refractivity contribution < 1.29 is 14.3 Å². The van der Waals surface area contributed by atoms with E-state index in [1.54, 1.807) is 4.90 Å². The Balaban J connectivity index is 1.42. The Morgan fingerprint density at radius 3 is 2.04 bits per heavy atom. The van der Waals surface area contributed by atoms with Crippen molar-refractivity contribution in [1.82, 2.24) is 14.7 Å². The Hall–Kier alpha value is -1.92. The number of nitrogens with zero attached hydrogens (tertiary/aromatic N) is 3. The van der Waals surface area contributed by atoms with Crippen LogP contribution in [0.1, 0.15) is 12.0 Å². The Kier molecular flexibility index (Phi) is 5.82. The highest BCUT2D eigenvalue weighted by Crippen LogP contribution is 2.10. The maximum atomic E-state index is 12.3. The third kappa shape index (κ3) is 4.55. The fourth-order valence-electron chi connectivity index (χ4n) is 3.16. The Morgan fingerprint density at radius 2 is 1.42 bits per heavy atom. The summed E-state index contributed by atoms with van der Waals surface area (Å²) in [5, 5.41) is 0. The van der Waals surface area contributed by atoms with Crippen LogP contribution in [0.2, 0.25) is 0 Å². The second-order valence-corrected chi connectivity index (χ2v) is 6.31. The van der Waals surface area contributed by atoms with Crippen LogP contribution in [0.4, 0.5) is 0 Å². The molecule has 2 fully saturated rings. The van der Waals surface area contributed by atoms with E-state index in [1.807, 2.05) is 23.1 Å². The summed E-state index contributed by atoms with van der Waals surface area (Å²) in [6.45, 7) is 6.34. The van der Waals surface area contributed by atoms with Gasteiger partial charge in [0, 0.05) is 45.8 Å². The number of carbonyl (C=O) groups excluding carboxylic acids is 2. The third-order valence-electron chi connectivity index (χ3n) is 4.64. The van der Waals surface area contributed by atoms with Crippen LogP contribution in [0.5, 0.6) is 0 Å². The molecule has 2 aliphatic heterocycles. The van der Waals surface area contributed by atoms with Crippen LogP contribution in [0.15, 0.2) is 30.3 Å². The lowest BCUT2D eigenvalue weighted by Crippen LogP contribution is -2.50. The van der Waals surface area contributed by atoms with Gasteiger partial charge in [-0.3, -0.25) is 14.5 Å². The molecule has 2 aliphatic rings. The molecule has 0 saturated carbocycles. The maximum absolute atomic E-state index is 12.3. The largest absolute Gasteiger partial charge is 0.378 e. The van der Waals surface area contributed by atoms with Gasteiger partial charge in [-0.1, -0.05) is 30.3 Å². The molecule has 1 aromatic rings. The maximum Gasteiger partial charge on any atom is 0.232 e. The molecule has 6 heteroatoms. The van der Waals surface area contributed by atoms with Gasteiger partial charge < -0.3 is 14.5 Å². The molecule has 0 atom stereocenters. The van der Waals surface area contributed by atoms with Crippen LogP contribution < -0.4 is 0 Å². The Bertz CT molecular complexity index is 550. The first-order valence-electron chi connectivity index (χ1n) is 8.62. The highest BCUT2D eigenvalue weighted by molar-refractivity contribution is 5.97. The fourth-order valence-corrected chi connectivity index (χ4v) is 3.16. The van der Waals surface area contributed by atoms with Gasteiger partial charge in [0.2, 0.25) is 11.8 Å². The number of hydrogen-bond acceptors (Lipinski definition) is 4. The lowest BCUT2D eigenvalue weighted by Gasteiger charge is -2.35. The molecule has 0 N–H and O–H groups in total. The molecule has 0 radical (unpaired) electrons. The zero-order chi connectivity index (χ0) is 16.8. The van der Waals surface area contributed by atoms with E-state index in [-0.39, 0.29) is 18.2 Å². The zero-order valence-corrected chi connectivity index (χ0v) is 14.0. The van der Waals surface area contributed by atoms with E-state index < -0.39 is 0 Å². The summed E-state index contributed by atoms with van der Waals surface area (Å²) >= 11 is 0. The molecule has 0 spiro atoms. The zero-order valence-electron chi connectivity index (χ0n) is 14.0. The Labute approximate surface area is 143 Å². The molecular weight excluding hydrogens is 306 g/mol. The van der Waals surface area contributed by atoms with Crippen LogP contribution in [0.3, 0.4) is 0 Å². The molecule has 24 heavy (non-hydrogen) atoms. The van der Waals surface area contributed by atoms with Crippen molar-refractivity contribution in [2.75, 3.05) is 52.5 Å². The van der Waals surface area contributed by atoms with Crippen molar-refractivity contribution in [3.05, 3.63) is 35.9 Å². The summed E-state index contributed by atoms with van der Waals surface area (Å²) in [5.41, 5.74) is 1.29. The van der Waals surface area contributed by atoms with Crippen molar-refractivity contribution in [2.45, 2.75) is 13.0 Å². The van der Waals surface area contributed by atoms with Gasteiger partial charge in [-0.2, -0.15) is 0 Å². The highest BCUT2D eigenvalue weighted by atomic mass is 16.5. The standard InChI is InChI=1S/C18H25N3O3/c22-17(14-18(23)21-10-12-24-13-11-21)20-8-6-19(7-9-20)15-16-4-2-1-3-5-16/h1-5H,6-15H2. The van der Waals surface area contributed by atoms with Gasteiger partial charge in [0.15, 0.2) is 0 Å². The summed E-state index contributed by atoms with van der Waals surface area (Å²) in [7, 11) is 0. The second-order valence-electron chi connectivity index (χ2n) is 6.31. The molecule has 6 nitrogen and oxygen atoms in total. The lowest BCUT2D eigenvalue weighted by molar-refractivity contribution is -0.143. The summed E-state index contributed by atoms with van der Waals surface area (Å²) in [5.74, 6) is -0.124. The quantitative estimate of drug-likeness (QED) is 0.758. The lowest BCUT2D eigenvalue weighted by atomic mass is 10.2. The molecule has 130 valence electrons. The number of carbonyl (C=O) groups is 2. The second kappa shape index (κ2) is 8.26. The molecule has 2 amide bonds. The van der Waals surface area contributed by atoms with Crippen LogP contribution in [0, 0.1) is 0 Å². The van der Waals surface area contributed by atoms with Crippen LogP contribution in [0.25, 0.3) is 0 Å².